The number of piperazine rings is 1. The minimum absolute atomic E-state index is 0.436. The van der Waals surface area contributed by atoms with Gasteiger partial charge in [0.2, 0.25) is 0 Å². The predicted molar refractivity (Wildman–Crippen MR) is 85.8 cm³/mol. The Hall–Kier alpha value is -1.34. The zero-order valence-electron chi connectivity index (χ0n) is 12.2. The summed E-state index contributed by atoms with van der Waals surface area (Å²) < 4.78 is 0. The first-order valence-electron chi connectivity index (χ1n) is 7.58. The molecule has 1 aliphatic heterocycles. The van der Waals surface area contributed by atoms with Gasteiger partial charge in [0.1, 0.15) is 0 Å². The van der Waals surface area contributed by atoms with Gasteiger partial charge in [-0.2, -0.15) is 0 Å². The summed E-state index contributed by atoms with van der Waals surface area (Å²) in [5.74, 6) is 0.564. The molecule has 116 valence electrons. The normalized spacial score (nSPS) is 22.8. The summed E-state index contributed by atoms with van der Waals surface area (Å²) >= 11 is 1.67. The Morgan fingerprint density at radius 2 is 2.05 bits per heavy atom. The van der Waals surface area contributed by atoms with E-state index in [-0.39, 0.29) is 0 Å². The van der Waals surface area contributed by atoms with Crippen molar-refractivity contribution in [1.29, 1.82) is 0 Å². The van der Waals surface area contributed by atoms with Gasteiger partial charge >= 0.3 is 0 Å². The fraction of sp³-hybridized carbons (Fsp3) is 0.714. The third kappa shape index (κ3) is 3.47. The van der Waals surface area contributed by atoms with E-state index in [0.29, 0.717) is 12.5 Å². The van der Waals surface area contributed by atoms with Crippen LogP contribution in [-0.2, 0) is 0 Å². The highest BCUT2D eigenvalue weighted by Gasteiger charge is 2.31. The zero-order chi connectivity index (χ0) is 14.7. The highest BCUT2D eigenvalue weighted by atomic mass is 32.1. The Balaban J connectivity index is 1.51. The van der Waals surface area contributed by atoms with Crippen molar-refractivity contribution < 1.29 is 5.11 Å². The van der Waals surface area contributed by atoms with Crippen molar-refractivity contribution in [1.82, 2.24) is 9.88 Å². The summed E-state index contributed by atoms with van der Waals surface area (Å²) in [6.07, 6.45) is 5.73. The molecule has 0 radical (unpaired) electrons. The average Bonchev–Trinajstić information content (AvgIpc) is 3.17. The molecule has 1 saturated carbocycles. The minimum Gasteiger partial charge on any atom is -0.388 e. The minimum atomic E-state index is -0.618. The standard InChI is InChI=1S/C14H23N5OS/c15-12(17-11-14(20)3-1-2-4-14)18-6-8-19(9-7-18)13-16-5-10-21-13/h5,10,20H,1-4,6-9,11H2,(H2,15,17). The maximum atomic E-state index is 10.3. The number of hydrogen-bond acceptors (Lipinski definition) is 5. The average molecular weight is 309 g/mol. The summed E-state index contributed by atoms with van der Waals surface area (Å²) in [6, 6.07) is 0. The third-order valence-electron chi connectivity index (χ3n) is 4.36. The van der Waals surface area contributed by atoms with Crippen molar-refractivity contribution in [2.75, 3.05) is 37.6 Å². The Labute approximate surface area is 129 Å². The predicted octanol–water partition coefficient (Wildman–Crippen LogP) is 0.885. The summed E-state index contributed by atoms with van der Waals surface area (Å²) in [7, 11) is 0. The molecule has 2 fully saturated rings. The molecular formula is C14H23N5OS. The van der Waals surface area contributed by atoms with Crippen LogP contribution in [0, 0.1) is 0 Å². The van der Waals surface area contributed by atoms with Gasteiger partial charge in [0.15, 0.2) is 11.1 Å². The van der Waals surface area contributed by atoms with E-state index in [0.717, 1.165) is 57.0 Å². The van der Waals surface area contributed by atoms with E-state index in [1.807, 2.05) is 11.6 Å². The van der Waals surface area contributed by atoms with Crippen LogP contribution >= 0.6 is 11.3 Å². The van der Waals surface area contributed by atoms with Crippen LogP contribution in [0.5, 0.6) is 0 Å². The van der Waals surface area contributed by atoms with E-state index in [2.05, 4.69) is 19.8 Å². The number of nitrogens with two attached hydrogens (primary N) is 1. The summed E-state index contributed by atoms with van der Waals surface area (Å²) in [5, 5.41) is 13.4. The fourth-order valence-corrected chi connectivity index (χ4v) is 3.72. The molecule has 7 heteroatoms. The number of nitrogens with zero attached hydrogens (tertiary/aromatic N) is 4. The number of guanidine groups is 1. The van der Waals surface area contributed by atoms with Gasteiger partial charge in [0, 0.05) is 37.8 Å². The van der Waals surface area contributed by atoms with Crippen LogP contribution in [0.1, 0.15) is 25.7 Å². The molecule has 2 aliphatic rings. The van der Waals surface area contributed by atoms with Gasteiger partial charge in [0.05, 0.1) is 12.1 Å². The molecule has 3 N–H and O–H groups in total. The second-order valence-electron chi connectivity index (χ2n) is 5.89. The van der Waals surface area contributed by atoms with E-state index in [9.17, 15) is 5.11 Å². The topological polar surface area (TPSA) is 78.0 Å². The molecular weight excluding hydrogens is 286 g/mol. The molecule has 0 bridgehead atoms. The van der Waals surface area contributed by atoms with Crippen molar-refractivity contribution in [2.24, 2.45) is 10.7 Å². The Bertz CT molecular complexity index is 476. The smallest absolute Gasteiger partial charge is 0.191 e. The van der Waals surface area contributed by atoms with Gasteiger partial charge in [0.25, 0.3) is 0 Å². The van der Waals surface area contributed by atoms with Crippen molar-refractivity contribution in [3.63, 3.8) is 0 Å². The molecule has 0 atom stereocenters. The summed E-state index contributed by atoms with van der Waals surface area (Å²) in [4.78, 5) is 13.1. The number of aliphatic imine (C=N–C) groups is 1. The van der Waals surface area contributed by atoms with Crippen molar-refractivity contribution >= 4 is 22.4 Å². The second-order valence-corrected chi connectivity index (χ2v) is 6.77. The number of aromatic nitrogens is 1. The Morgan fingerprint density at radius 1 is 1.33 bits per heavy atom. The molecule has 21 heavy (non-hydrogen) atoms. The van der Waals surface area contributed by atoms with E-state index in [1.165, 1.54) is 0 Å². The molecule has 0 aromatic carbocycles. The third-order valence-corrected chi connectivity index (χ3v) is 5.20. The van der Waals surface area contributed by atoms with Crippen LogP contribution in [0.4, 0.5) is 5.13 Å². The largest absolute Gasteiger partial charge is 0.388 e. The van der Waals surface area contributed by atoms with Crippen molar-refractivity contribution in [3.05, 3.63) is 11.6 Å². The lowest BCUT2D eigenvalue weighted by molar-refractivity contribution is 0.0572. The highest BCUT2D eigenvalue weighted by Crippen LogP contribution is 2.29. The number of anilines is 1. The zero-order valence-corrected chi connectivity index (χ0v) is 13.1. The summed E-state index contributed by atoms with van der Waals surface area (Å²) in [5.41, 5.74) is 5.47. The molecule has 1 saturated heterocycles. The lowest BCUT2D eigenvalue weighted by Gasteiger charge is -2.35. The second kappa shape index (κ2) is 6.19. The summed E-state index contributed by atoms with van der Waals surface area (Å²) in [6.45, 7) is 3.97. The Morgan fingerprint density at radius 3 is 2.67 bits per heavy atom. The number of aliphatic hydroxyl groups is 1. The van der Waals surface area contributed by atoms with Gasteiger partial charge < -0.3 is 20.6 Å². The fourth-order valence-electron chi connectivity index (χ4n) is 3.02. The van der Waals surface area contributed by atoms with E-state index < -0.39 is 5.60 Å². The van der Waals surface area contributed by atoms with Crippen LogP contribution in [-0.4, -0.2) is 59.3 Å². The molecule has 6 nitrogen and oxygen atoms in total. The molecule has 3 rings (SSSR count). The van der Waals surface area contributed by atoms with Crippen molar-refractivity contribution in [2.45, 2.75) is 31.3 Å². The van der Waals surface area contributed by atoms with E-state index >= 15 is 0 Å². The molecule has 0 spiro atoms. The molecule has 0 unspecified atom stereocenters. The van der Waals surface area contributed by atoms with E-state index in [4.69, 9.17) is 5.73 Å². The molecule has 0 amide bonds. The lowest BCUT2D eigenvalue weighted by atomic mass is 10.0. The Kier molecular flexibility index (Phi) is 4.30. The van der Waals surface area contributed by atoms with Crippen LogP contribution in [0.25, 0.3) is 0 Å². The van der Waals surface area contributed by atoms with Crippen LogP contribution in [0.2, 0.25) is 0 Å². The SMILES string of the molecule is NC(=NCC1(O)CCCC1)N1CCN(c2nccs2)CC1. The van der Waals surface area contributed by atoms with Gasteiger partial charge in [-0.05, 0) is 12.8 Å². The first-order chi connectivity index (χ1) is 10.2. The van der Waals surface area contributed by atoms with Gasteiger partial charge in [-0.25, -0.2) is 4.98 Å². The number of hydrogen-bond donors (Lipinski definition) is 2. The van der Waals surface area contributed by atoms with Crippen LogP contribution in [0.3, 0.4) is 0 Å². The lowest BCUT2D eigenvalue weighted by Crippen LogP contribution is -2.51. The number of rotatable bonds is 3. The van der Waals surface area contributed by atoms with Crippen LogP contribution in [0.15, 0.2) is 16.6 Å². The first kappa shape index (κ1) is 14.6. The molecule has 1 aliphatic carbocycles. The number of thiazole rings is 1. The highest BCUT2D eigenvalue weighted by molar-refractivity contribution is 7.13. The van der Waals surface area contributed by atoms with Gasteiger partial charge in [-0.3, -0.25) is 4.99 Å². The van der Waals surface area contributed by atoms with Crippen molar-refractivity contribution in [3.8, 4) is 0 Å². The first-order valence-corrected chi connectivity index (χ1v) is 8.46. The van der Waals surface area contributed by atoms with E-state index in [1.54, 1.807) is 11.3 Å². The van der Waals surface area contributed by atoms with Gasteiger partial charge in [-0.1, -0.05) is 12.8 Å². The quantitative estimate of drug-likeness (QED) is 0.640. The molecule has 1 aromatic rings. The maximum absolute atomic E-state index is 10.3. The molecule has 2 heterocycles. The van der Waals surface area contributed by atoms with Crippen LogP contribution < -0.4 is 10.6 Å². The maximum Gasteiger partial charge on any atom is 0.191 e. The van der Waals surface area contributed by atoms with Gasteiger partial charge in [-0.15, -0.1) is 11.3 Å². The molecule has 1 aromatic heterocycles. The monoisotopic (exact) mass is 309 g/mol.